The van der Waals surface area contributed by atoms with Gasteiger partial charge in [0.25, 0.3) is 0 Å². The van der Waals surface area contributed by atoms with Crippen molar-refractivity contribution in [3.8, 4) is 11.4 Å². The first-order valence-electron chi connectivity index (χ1n) is 9.73. The number of β-amino-alcohol motifs (C(OH)–C–C–N with tert-alkyl or cyclic N) is 1. The van der Waals surface area contributed by atoms with E-state index in [4.69, 9.17) is 4.52 Å². The summed E-state index contributed by atoms with van der Waals surface area (Å²) in [6.45, 7) is 1.15. The van der Waals surface area contributed by atoms with E-state index in [1.807, 2.05) is 24.4 Å². The number of aromatic amines is 1. The largest absolute Gasteiger partial charge is 0.595 e. The van der Waals surface area contributed by atoms with Crippen molar-refractivity contribution < 1.29 is 20.1 Å². The lowest BCUT2D eigenvalue weighted by atomic mass is 10.1. The van der Waals surface area contributed by atoms with Gasteiger partial charge in [-0.2, -0.15) is 10.2 Å². The minimum atomic E-state index is -1.01. The molecule has 3 heterocycles. The number of quaternary nitrogens is 1. The van der Waals surface area contributed by atoms with Crippen LogP contribution in [0.5, 0.6) is 0 Å². The van der Waals surface area contributed by atoms with Crippen LogP contribution in [0, 0.1) is 5.21 Å². The fourth-order valence-electron chi connectivity index (χ4n) is 4.07. The Labute approximate surface area is 171 Å². The number of aromatic nitrogens is 3. The lowest BCUT2D eigenvalue weighted by molar-refractivity contribution is -0.991. The van der Waals surface area contributed by atoms with Gasteiger partial charge in [0.05, 0.1) is 12.1 Å². The zero-order chi connectivity index (χ0) is 20.7. The Hall–Kier alpha value is -3.08. The van der Waals surface area contributed by atoms with Crippen LogP contribution in [-0.4, -0.2) is 43.0 Å². The van der Waals surface area contributed by atoms with Gasteiger partial charge in [-0.3, -0.25) is 4.90 Å². The van der Waals surface area contributed by atoms with E-state index < -0.39 is 11.3 Å². The molecule has 0 bridgehead atoms. The molecule has 9 nitrogen and oxygen atoms in total. The number of benzene rings is 2. The number of hydrogen-bond acceptors (Lipinski definition) is 7. The van der Waals surface area contributed by atoms with Gasteiger partial charge < -0.3 is 19.8 Å². The Bertz CT molecular complexity index is 1170. The second kappa shape index (κ2) is 7.63. The van der Waals surface area contributed by atoms with Gasteiger partial charge in [0.2, 0.25) is 11.7 Å². The molecule has 0 amide bonds. The number of likely N-dealkylation sites (tertiary alicyclic amines) is 1. The van der Waals surface area contributed by atoms with E-state index in [0.717, 1.165) is 16.5 Å². The van der Waals surface area contributed by atoms with Crippen LogP contribution in [0.4, 0.5) is 5.69 Å². The Kier molecular flexibility index (Phi) is 4.81. The van der Waals surface area contributed by atoms with Crippen LogP contribution in [0.3, 0.4) is 0 Å². The first-order valence-corrected chi connectivity index (χ1v) is 9.73. The first kappa shape index (κ1) is 18.9. The summed E-state index contributed by atoms with van der Waals surface area (Å²) < 4.78 is 5.52. The lowest BCUT2D eigenvalue weighted by Crippen LogP contribution is -2.99. The van der Waals surface area contributed by atoms with E-state index in [1.54, 1.807) is 12.1 Å². The minimum absolute atomic E-state index is 0.163. The Morgan fingerprint density at radius 3 is 2.97 bits per heavy atom. The molecule has 3 unspecified atom stereocenters. The quantitative estimate of drug-likeness (QED) is 0.372. The molecule has 1 aliphatic heterocycles. The van der Waals surface area contributed by atoms with Crippen molar-refractivity contribution in [1.29, 1.82) is 0 Å². The van der Waals surface area contributed by atoms with Crippen molar-refractivity contribution in [3.05, 3.63) is 71.4 Å². The molecule has 4 aromatic rings. The van der Waals surface area contributed by atoms with Gasteiger partial charge in [-0.25, -0.2) is 5.21 Å². The zero-order valence-electron chi connectivity index (χ0n) is 16.0. The number of rotatable bonds is 5. The number of para-hydroxylation sites is 1. The number of H-pyrrole nitrogens is 1. The van der Waals surface area contributed by atoms with Crippen molar-refractivity contribution in [2.75, 3.05) is 6.54 Å². The van der Waals surface area contributed by atoms with Gasteiger partial charge in [0, 0.05) is 47.9 Å². The van der Waals surface area contributed by atoms with E-state index in [0.29, 0.717) is 36.8 Å². The van der Waals surface area contributed by atoms with Gasteiger partial charge in [0.1, 0.15) is 0 Å². The molecule has 1 aliphatic rings. The summed E-state index contributed by atoms with van der Waals surface area (Å²) in [6, 6.07) is 14.3. The standard InChI is InChI=1S/C21H21N5O4/c27-16-9-19(25(12-16)11-14-10-22-18-7-2-1-6-17(14)18)21-23-20(24-30-21)13-4-3-5-15(8-13)26(28)29/h1-8,10,16,19,22,26-28H,9,11-12H2. The molecule has 154 valence electrons. The van der Waals surface area contributed by atoms with Crippen LogP contribution >= 0.6 is 0 Å². The van der Waals surface area contributed by atoms with E-state index in [-0.39, 0.29) is 11.7 Å². The molecule has 0 aliphatic carbocycles. The third kappa shape index (κ3) is 3.49. The minimum Gasteiger partial charge on any atom is -0.595 e. The van der Waals surface area contributed by atoms with Gasteiger partial charge in [-0.05, 0) is 18.1 Å². The Morgan fingerprint density at radius 1 is 1.23 bits per heavy atom. The number of hydrogen-bond donors (Lipinski definition) is 4. The summed E-state index contributed by atoms with van der Waals surface area (Å²) in [5.41, 5.74) is 2.95. The lowest BCUT2D eigenvalue weighted by Gasteiger charge is -2.20. The van der Waals surface area contributed by atoms with Crippen molar-refractivity contribution >= 4 is 16.6 Å². The summed E-state index contributed by atoms with van der Waals surface area (Å²) in [5, 5.41) is 34.9. The number of nitrogens with one attached hydrogen (secondary N) is 2. The second-order valence-corrected chi connectivity index (χ2v) is 7.54. The Morgan fingerprint density at radius 2 is 2.10 bits per heavy atom. The zero-order valence-corrected chi connectivity index (χ0v) is 16.0. The summed E-state index contributed by atoms with van der Waals surface area (Å²) in [4.78, 5) is 9.92. The molecule has 1 fully saturated rings. The van der Waals surface area contributed by atoms with Crippen molar-refractivity contribution in [2.24, 2.45) is 0 Å². The summed E-state index contributed by atoms with van der Waals surface area (Å²) in [7, 11) is 0. The molecule has 0 radical (unpaired) electrons. The van der Waals surface area contributed by atoms with Crippen LogP contribution < -0.4 is 5.23 Å². The van der Waals surface area contributed by atoms with Crippen LogP contribution in [-0.2, 0) is 6.54 Å². The maximum Gasteiger partial charge on any atom is 0.244 e. The molecule has 30 heavy (non-hydrogen) atoms. The highest BCUT2D eigenvalue weighted by atomic mass is 16.8. The predicted molar refractivity (Wildman–Crippen MR) is 108 cm³/mol. The molecule has 2 aromatic heterocycles. The monoisotopic (exact) mass is 407 g/mol. The van der Waals surface area contributed by atoms with Crippen molar-refractivity contribution in [2.45, 2.75) is 25.1 Å². The number of aliphatic hydroxyl groups is 1. The van der Waals surface area contributed by atoms with Crippen molar-refractivity contribution in [3.63, 3.8) is 0 Å². The van der Waals surface area contributed by atoms with Gasteiger partial charge in [0.15, 0.2) is 5.69 Å². The first-order chi connectivity index (χ1) is 14.6. The van der Waals surface area contributed by atoms with Gasteiger partial charge >= 0.3 is 0 Å². The number of nitrogens with zero attached hydrogens (tertiary/aromatic N) is 3. The highest BCUT2D eigenvalue weighted by molar-refractivity contribution is 5.83. The molecule has 1 saturated heterocycles. The highest BCUT2D eigenvalue weighted by Gasteiger charge is 2.36. The van der Waals surface area contributed by atoms with Crippen molar-refractivity contribution in [1.82, 2.24) is 20.0 Å². The van der Waals surface area contributed by atoms with Crippen LogP contribution in [0.25, 0.3) is 22.3 Å². The molecule has 0 spiro atoms. The summed E-state index contributed by atoms with van der Waals surface area (Å²) in [5.74, 6) is 0.753. The topological polar surface area (TPSA) is 126 Å². The number of fused-ring (bicyclic) bond motifs is 1. The maximum absolute atomic E-state index is 11.2. The van der Waals surface area contributed by atoms with Gasteiger partial charge in [-0.15, -0.1) is 0 Å². The smallest absolute Gasteiger partial charge is 0.244 e. The highest BCUT2D eigenvalue weighted by Crippen LogP contribution is 2.34. The normalized spacial score (nSPS) is 20.8. The molecule has 3 atom stereocenters. The summed E-state index contributed by atoms with van der Waals surface area (Å²) in [6.07, 6.45) is 2.01. The van der Waals surface area contributed by atoms with Crippen LogP contribution in [0.1, 0.15) is 23.9 Å². The van der Waals surface area contributed by atoms with E-state index >= 15 is 0 Å². The average molecular weight is 407 g/mol. The molecule has 5 rings (SSSR count). The molecule has 9 heteroatoms. The molecule has 2 aromatic carbocycles. The molecular formula is C21H21N5O4. The fourth-order valence-corrected chi connectivity index (χ4v) is 4.07. The summed E-state index contributed by atoms with van der Waals surface area (Å²) >= 11 is 0. The molecule has 4 N–H and O–H groups in total. The molecule has 0 saturated carbocycles. The van der Waals surface area contributed by atoms with E-state index in [9.17, 15) is 15.5 Å². The van der Waals surface area contributed by atoms with Crippen LogP contribution in [0.2, 0.25) is 0 Å². The van der Waals surface area contributed by atoms with Crippen LogP contribution in [0.15, 0.2) is 59.3 Å². The van der Waals surface area contributed by atoms with Gasteiger partial charge in [-0.1, -0.05) is 35.5 Å². The SMILES string of the molecule is [O-][NH+](O)c1cccc(-c2noc(C3CC(O)CN3Cc3c[nH]c4ccccc34)n2)c1. The fraction of sp³-hybridized carbons (Fsp3) is 0.238. The molecular weight excluding hydrogens is 386 g/mol. The third-order valence-corrected chi connectivity index (χ3v) is 5.52. The second-order valence-electron chi connectivity index (χ2n) is 7.54. The maximum atomic E-state index is 11.2. The average Bonchev–Trinajstić information content (AvgIpc) is 3.47. The third-order valence-electron chi connectivity index (χ3n) is 5.52. The van der Waals surface area contributed by atoms with E-state index in [2.05, 4.69) is 26.1 Å². The number of aliphatic hydroxyl groups excluding tert-OH is 1. The van der Waals surface area contributed by atoms with E-state index in [1.165, 1.54) is 12.1 Å². The Balaban J connectivity index is 1.41. The predicted octanol–water partition coefficient (Wildman–Crippen LogP) is 1.93.